The molecule has 1 aromatic carbocycles. The van der Waals surface area contributed by atoms with Gasteiger partial charge in [-0.1, -0.05) is 15.9 Å². The van der Waals surface area contributed by atoms with Crippen molar-refractivity contribution in [3.8, 4) is 0 Å². The summed E-state index contributed by atoms with van der Waals surface area (Å²) < 4.78 is 1.89. The van der Waals surface area contributed by atoms with Crippen LogP contribution in [0.3, 0.4) is 0 Å². The van der Waals surface area contributed by atoms with E-state index < -0.39 is 0 Å². The van der Waals surface area contributed by atoms with E-state index in [4.69, 9.17) is 5.73 Å². The Bertz CT molecular complexity index is 713. The van der Waals surface area contributed by atoms with Crippen LogP contribution in [0.25, 0.3) is 10.1 Å². The van der Waals surface area contributed by atoms with E-state index in [1.807, 2.05) is 18.2 Å². The predicted octanol–water partition coefficient (Wildman–Crippen LogP) is 1.82. The molecule has 1 aromatic heterocycles. The highest BCUT2D eigenvalue weighted by Crippen LogP contribution is 2.36. The summed E-state index contributed by atoms with van der Waals surface area (Å²) in [5, 5.41) is 3.57. The van der Waals surface area contributed by atoms with Gasteiger partial charge in [0.1, 0.15) is 4.88 Å². The molecule has 0 bridgehead atoms. The smallest absolute Gasteiger partial charge is 0.266 e. The van der Waals surface area contributed by atoms with Crippen molar-refractivity contribution in [3.63, 3.8) is 0 Å². The molecule has 0 unspecified atom stereocenters. The van der Waals surface area contributed by atoms with E-state index in [-0.39, 0.29) is 18.4 Å². The number of carbonyl (C=O) groups is 2. The third-order valence-electron chi connectivity index (χ3n) is 3.21. The lowest BCUT2D eigenvalue weighted by Gasteiger charge is -2.26. The highest BCUT2D eigenvalue weighted by molar-refractivity contribution is 9.10. The van der Waals surface area contributed by atoms with Crippen LogP contribution in [0.2, 0.25) is 0 Å². The Labute approximate surface area is 127 Å². The molecule has 3 N–H and O–H groups in total. The number of halogens is 1. The second-order valence-electron chi connectivity index (χ2n) is 4.56. The number of anilines is 1. The molecule has 0 saturated carbocycles. The van der Waals surface area contributed by atoms with Gasteiger partial charge in [0, 0.05) is 27.6 Å². The van der Waals surface area contributed by atoms with Crippen molar-refractivity contribution in [2.75, 3.05) is 25.4 Å². The fraction of sp³-hybridized carbons (Fsp3) is 0.231. The Morgan fingerprint density at radius 2 is 2.25 bits per heavy atom. The minimum atomic E-state index is -0.172. The number of hydrogen-bond donors (Lipinski definition) is 2. The lowest BCUT2D eigenvalue weighted by molar-refractivity contribution is -0.123. The zero-order chi connectivity index (χ0) is 14.3. The molecule has 2 heterocycles. The third kappa shape index (κ3) is 2.27. The summed E-state index contributed by atoms with van der Waals surface area (Å²) in [6, 6.07) is 5.75. The Kier molecular flexibility index (Phi) is 3.39. The Morgan fingerprint density at radius 3 is 3.00 bits per heavy atom. The van der Waals surface area contributed by atoms with Gasteiger partial charge < -0.3 is 16.0 Å². The summed E-state index contributed by atoms with van der Waals surface area (Å²) in [6.45, 7) is 1.10. The van der Waals surface area contributed by atoms with Gasteiger partial charge in [0.25, 0.3) is 5.91 Å². The fourth-order valence-corrected chi connectivity index (χ4v) is 3.64. The third-order valence-corrected chi connectivity index (χ3v) is 4.88. The molecule has 0 aliphatic carbocycles. The molecular formula is C13H12BrN3O2S. The summed E-state index contributed by atoms with van der Waals surface area (Å²) in [5.74, 6) is -0.304. The van der Waals surface area contributed by atoms with Crippen molar-refractivity contribution in [3.05, 3.63) is 27.5 Å². The molecule has 5 nitrogen and oxygen atoms in total. The Hall–Kier alpha value is -1.60. The highest BCUT2D eigenvalue weighted by Gasteiger charge is 2.26. The van der Waals surface area contributed by atoms with Crippen molar-refractivity contribution in [1.82, 2.24) is 10.2 Å². The fourth-order valence-electron chi connectivity index (χ4n) is 2.20. The van der Waals surface area contributed by atoms with Gasteiger partial charge in [0.2, 0.25) is 5.91 Å². The maximum absolute atomic E-state index is 12.5. The molecule has 2 aromatic rings. The number of carbonyl (C=O) groups excluding carboxylic acids is 2. The van der Waals surface area contributed by atoms with Crippen LogP contribution in [-0.4, -0.2) is 36.3 Å². The van der Waals surface area contributed by atoms with Crippen LogP contribution in [0.4, 0.5) is 5.69 Å². The minimum absolute atomic E-state index is 0.0935. The molecule has 104 valence electrons. The number of nitrogens with two attached hydrogens (primary N) is 1. The summed E-state index contributed by atoms with van der Waals surface area (Å²) >= 11 is 4.76. The van der Waals surface area contributed by atoms with E-state index in [0.717, 1.165) is 14.6 Å². The van der Waals surface area contributed by atoms with Crippen LogP contribution in [-0.2, 0) is 4.79 Å². The molecule has 1 fully saturated rings. The Morgan fingerprint density at radius 1 is 1.45 bits per heavy atom. The average Bonchev–Trinajstić information content (AvgIpc) is 2.75. The number of benzene rings is 1. The van der Waals surface area contributed by atoms with Crippen molar-refractivity contribution < 1.29 is 9.59 Å². The first-order chi connectivity index (χ1) is 9.56. The number of piperazine rings is 1. The maximum Gasteiger partial charge on any atom is 0.266 e. The standard InChI is InChI=1S/C13H12BrN3O2S/c14-7-1-2-9-8(5-7)11(15)12(20-9)13(19)17-4-3-16-10(18)6-17/h1-2,5H,3-4,6,15H2,(H,16,18). The van der Waals surface area contributed by atoms with Crippen LogP contribution in [0.15, 0.2) is 22.7 Å². The number of nitrogens with one attached hydrogen (secondary N) is 1. The van der Waals surface area contributed by atoms with E-state index in [0.29, 0.717) is 23.7 Å². The summed E-state index contributed by atoms with van der Waals surface area (Å²) in [4.78, 5) is 25.9. The quantitative estimate of drug-likeness (QED) is 0.820. The molecule has 0 atom stereocenters. The molecule has 2 amide bonds. The maximum atomic E-state index is 12.5. The largest absolute Gasteiger partial charge is 0.397 e. The molecule has 3 rings (SSSR count). The van der Waals surface area contributed by atoms with Gasteiger partial charge >= 0.3 is 0 Å². The molecule has 0 spiro atoms. The highest BCUT2D eigenvalue weighted by atomic mass is 79.9. The van der Waals surface area contributed by atoms with Gasteiger partial charge in [0.15, 0.2) is 0 Å². The first kappa shape index (κ1) is 13.4. The van der Waals surface area contributed by atoms with Crippen LogP contribution < -0.4 is 11.1 Å². The second kappa shape index (κ2) is 5.06. The van der Waals surface area contributed by atoms with Gasteiger partial charge in [-0.15, -0.1) is 11.3 Å². The number of hydrogen-bond acceptors (Lipinski definition) is 4. The molecule has 7 heteroatoms. The summed E-state index contributed by atoms with van der Waals surface area (Å²) in [5.41, 5.74) is 6.58. The van der Waals surface area contributed by atoms with Gasteiger partial charge in [0.05, 0.1) is 12.2 Å². The van der Waals surface area contributed by atoms with E-state index >= 15 is 0 Å². The normalized spacial score (nSPS) is 15.4. The lowest BCUT2D eigenvalue weighted by atomic mass is 10.2. The van der Waals surface area contributed by atoms with Gasteiger partial charge in [-0.2, -0.15) is 0 Å². The minimum Gasteiger partial charge on any atom is -0.397 e. The van der Waals surface area contributed by atoms with Crippen molar-refractivity contribution in [1.29, 1.82) is 0 Å². The van der Waals surface area contributed by atoms with Crippen LogP contribution in [0, 0.1) is 0 Å². The number of amides is 2. The van der Waals surface area contributed by atoms with E-state index in [2.05, 4.69) is 21.2 Å². The second-order valence-corrected chi connectivity index (χ2v) is 6.53. The van der Waals surface area contributed by atoms with Crippen molar-refractivity contribution in [2.24, 2.45) is 0 Å². The van der Waals surface area contributed by atoms with Crippen LogP contribution in [0.1, 0.15) is 9.67 Å². The zero-order valence-electron chi connectivity index (χ0n) is 10.5. The molecular weight excluding hydrogens is 342 g/mol. The predicted molar refractivity (Wildman–Crippen MR) is 82.9 cm³/mol. The number of thiophene rings is 1. The average molecular weight is 354 g/mol. The van der Waals surface area contributed by atoms with Crippen LogP contribution in [0.5, 0.6) is 0 Å². The van der Waals surface area contributed by atoms with Crippen molar-refractivity contribution >= 4 is 54.9 Å². The molecule has 1 saturated heterocycles. The molecule has 0 radical (unpaired) electrons. The number of fused-ring (bicyclic) bond motifs is 1. The lowest BCUT2D eigenvalue weighted by Crippen LogP contribution is -2.49. The first-order valence-corrected chi connectivity index (χ1v) is 7.70. The molecule has 1 aliphatic rings. The molecule has 20 heavy (non-hydrogen) atoms. The number of nitrogen functional groups attached to an aromatic ring is 1. The Balaban J connectivity index is 1.99. The van der Waals surface area contributed by atoms with Crippen LogP contribution >= 0.6 is 27.3 Å². The first-order valence-electron chi connectivity index (χ1n) is 6.10. The van der Waals surface area contributed by atoms with Gasteiger partial charge in [-0.25, -0.2) is 0 Å². The van der Waals surface area contributed by atoms with Gasteiger partial charge in [-0.3, -0.25) is 9.59 Å². The topological polar surface area (TPSA) is 75.4 Å². The van der Waals surface area contributed by atoms with Crippen molar-refractivity contribution in [2.45, 2.75) is 0 Å². The monoisotopic (exact) mass is 353 g/mol. The van der Waals surface area contributed by atoms with E-state index in [1.165, 1.54) is 16.2 Å². The SMILES string of the molecule is Nc1c(C(=O)N2CCNC(=O)C2)sc2ccc(Br)cc12. The van der Waals surface area contributed by atoms with E-state index in [9.17, 15) is 9.59 Å². The summed E-state index contributed by atoms with van der Waals surface area (Å²) in [6.07, 6.45) is 0. The molecule has 1 aliphatic heterocycles. The van der Waals surface area contributed by atoms with Gasteiger partial charge in [-0.05, 0) is 18.2 Å². The van der Waals surface area contributed by atoms with E-state index in [1.54, 1.807) is 0 Å². The number of nitrogens with zero attached hydrogens (tertiary/aromatic N) is 1. The summed E-state index contributed by atoms with van der Waals surface area (Å²) in [7, 11) is 0. The zero-order valence-corrected chi connectivity index (χ0v) is 12.9. The number of rotatable bonds is 1.